The number of hydrogen-bond donors (Lipinski definition) is 0. The van der Waals surface area contributed by atoms with Crippen LogP contribution in [0, 0.1) is 0 Å². The molecular weight excluding hydrogens is 287 g/mol. The Labute approximate surface area is 122 Å². The predicted molar refractivity (Wildman–Crippen MR) is 74.7 cm³/mol. The van der Waals surface area contributed by atoms with Gasteiger partial charge in [0, 0.05) is 16.7 Å². The number of carbonyl (C=O) groups excluding carboxylic acids is 1. The van der Waals surface area contributed by atoms with E-state index in [1.807, 2.05) is 0 Å². The van der Waals surface area contributed by atoms with Crippen molar-refractivity contribution in [3.8, 4) is 0 Å². The Morgan fingerprint density at radius 1 is 1.37 bits per heavy atom. The van der Waals surface area contributed by atoms with Gasteiger partial charge < -0.3 is 9.47 Å². The normalized spacial score (nSPS) is 19.2. The highest BCUT2D eigenvalue weighted by Gasteiger charge is 2.16. The fraction of sp³-hybridized carbons (Fsp3) is 0.500. The Kier molecular flexibility index (Phi) is 5.49. The Balaban J connectivity index is 1.80. The summed E-state index contributed by atoms with van der Waals surface area (Å²) in [6, 6.07) is 5.07. The van der Waals surface area contributed by atoms with Crippen molar-refractivity contribution in [2.45, 2.75) is 31.8 Å². The van der Waals surface area contributed by atoms with E-state index in [0.29, 0.717) is 16.7 Å². The van der Waals surface area contributed by atoms with Crippen molar-refractivity contribution < 1.29 is 14.3 Å². The van der Waals surface area contributed by atoms with Crippen molar-refractivity contribution >= 4 is 29.2 Å². The average Bonchev–Trinajstić information content (AvgIpc) is 2.41. The highest BCUT2D eigenvalue weighted by atomic mass is 35.5. The molecule has 1 aliphatic rings. The van der Waals surface area contributed by atoms with Gasteiger partial charge in [-0.25, -0.2) is 0 Å². The molecule has 0 spiro atoms. The third kappa shape index (κ3) is 4.68. The molecule has 1 aromatic rings. The van der Waals surface area contributed by atoms with Crippen LogP contribution in [-0.2, 0) is 20.7 Å². The lowest BCUT2D eigenvalue weighted by atomic mass is 10.1. The zero-order chi connectivity index (χ0) is 13.7. The lowest BCUT2D eigenvalue weighted by Crippen LogP contribution is -2.26. The number of rotatable bonds is 4. The summed E-state index contributed by atoms with van der Waals surface area (Å²) in [5, 5.41) is 1.04. The third-order valence-electron chi connectivity index (χ3n) is 3.05. The first kappa shape index (κ1) is 14.6. The first-order valence-electron chi connectivity index (χ1n) is 6.36. The number of benzene rings is 1. The zero-order valence-corrected chi connectivity index (χ0v) is 12.0. The monoisotopic (exact) mass is 302 g/mol. The molecule has 0 amide bonds. The van der Waals surface area contributed by atoms with Crippen LogP contribution in [0.4, 0.5) is 0 Å². The highest BCUT2D eigenvalue weighted by Crippen LogP contribution is 2.21. The Bertz CT molecular complexity index is 442. The topological polar surface area (TPSA) is 35.5 Å². The van der Waals surface area contributed by atoms with Crippen LogP contribution in [0.15, 0.2) is 18.2 Å². The molecule has 5 heteroatoms. The molecule has 1 aliphatic heterocycles. The summed E-state index contributed by atoms with van der Waals surface area (Å²) in [5.41, 5.74) is 0.723. The second-order valence-electron chi connectivity index (χ2n) is 4.58. The van der Waals surface area contributed by atoms with E-state index in [1.165, 1.54) is 0 Å². The molecule has 0 aromatic heterocycles. The first-order valence-corrected chi connectivity index (χ1v) is 7.12. The van der Waals surface area contributed by atoms with Gasteiger partial charge in [-0.1, -0.05) is 29.3 Å². The molecule has 2 rings (SSSR count). The maximum Gasteiger partial charge on any atom is 0.310 e. The number of carbonyl (C=O) groups is 1. The predicted octanol–water partition coefficient (Wildman–Crippen LogP) is 3.65. The largest absolute Gasteiger partial charge is 0.463 e. The SMILES string of the molecule is O=C(Cc1ccc(Cl)cc1Cl)OCC1CCCCO1. The maximum absolute atomic E-state index is 11.7. The number of halogens is 2. The first-order chi connectivity index (χ1) is 9.15. The van der Waals surface area contributed by atoms with Crippen LogP contribution in [0.25, 0.3) is 0 Å². The Morgan fingerprint density at radius 3 is 2.89 bits per heavy atom. The minimum absolute atomic E-state index is 0.0402. The maximum atomic E-state index is 11.7. The summed E-state index contributed by atoms with van der Waals surface area (Å²) >= 11 is 11.8. The summed E-state index contributed by atoms with van der Waals surface area (Å²) in [6.45, 7) is 1.08. The van der Waals surface area contributed by atoms with Gasteiger partial charge in [-0.2, -0.15) is 0 Å². The molecule has 0 saturated carbocycles. The van der Waals surface area contributed by atoms with Crippen LogP contribution in [0.2, 0.25) is 10.0 Å². The smallest absolute Gasteiger partial charge is 0.310 e. The molecule has 1 aromatic carbocycles. The van der Waals surface area contributed by atoms with Crippen molar-refractivity contribution in [3.63, 3.8) is 0 Å². The molecule has 1 saturated heterocycles. The van der Waals surface area contributed by atoms with Gasteiger partial charge in [-0.15, -0.1) is 0 Å². The van der Waals surface area contributed by atoms with Gasteiger partial charge in [0.15, 0.2) is 0 Å². The lowest BCUT2D eigenvalue weighted by Gasteiger charge is -2.22. The van der Waals surface area contributed by atoms with Gasteiger partial charge in [-0.05, 0) is 37.0 Å². The number of ether oxygens (including phenoxy) is 2. The summed E-state index contributed by atoms with van der Waals surface area (Å²) in [6.07, 6.45) is 3.37. The zero-order valence-electron chi connectivity index (χ0n) is 10.5. The molecule has 0 N–H and O–H groups in total. The molecule has 1 unspecified atom stereocenters. The molecule has 3 nitrogen and oxygen atoms in total. The molecular formula is C14H16Cl2O3. The number of hydrogen-bond acceptors (Lipinski definition) is 3. The van der Waals surface area contributed by atoms with Crippen LogP contribution in [0.1, 0.15) is 24.8 Å². The number of esters is 1. The second kappa shape index (κ2) is 7.13. The van der Waals surface area contributed by atoms with Crippen LogP contribution >= 0.6 is 23.2 Å². The molecule has 19 heavy (non-hydrogen) atoms. The Morgan fingerprint density at radius 2 is 2.21 bits per heavy atom. The minimum Gasteiger partial charge on any atom is -0.463 e. The molecule has 1 atom stereocenters. The summed E-state index contributed by atoms with van der Waals surface area (Å²) in [7, 11) is 0. The fourth-order valence-electron chi connectivity index (χ4n) is 2.00. The summed E-state index contributed by atoms with van der Waals surface area (Å²) in [5.74, 6) is -0.293. The quantitative estimate of drug-likeness (QED) is 0.797. The summed E-state index contributed by atoms with van der Waals surface area (Å²) in [4.78, 5) is 11.7. The van der Waals surface area contributed by atoms with Gasteiger partial charge in [0.25, 0.3) is 0 Å². The van der Waals surface area contributed by atoms with Gasteiger partial charge in [0.05, 0.1) is 12.5 Å². The van der Waals surface area contributed by atoms with Crippen molar-refractivity contribution in [1.82, 2.24) is 0 Å². The van der Waals surface area contributed by atoms with Crippen LogP contribution < -0.4 is 0 Å². The van der Waals surface area contributed by atoms with Crippen molar-refractivity contribution in [2.24, 2.45) is 0 Å². The summed E-state index contributed by atoms with van der Waals surface area (Å²) < 4.78 is 10.7. The van der Waals surface area contributed by atoms with E-state index in [9.17, 15) is 4.79 Å². The molecule has 0 radical (unpaired) electrons. The Hall–Kier alpha value is -0.770. The molecule has 0 aliphatic carbocycles. The molecule has 104 valence electrons. The third-order valence-corrected chi connectivity index (χ3v) is 3.64. The van der Waals surface area contributed by atoms with Crippen molar-refractivity contribution in [3.05, 3.63) is 33.8 Å². The molecule has 1 fully saturated rings. The van der Waals surface area contributed by atoms with E-state index < -0.39 is 0 Å². The van der Waals surface area contributed by atoms with E-state index in [-0.39, 0.29) is 18.5 Å². The second-order valence-corrected chi connectivity index (χ2v) is 5.43. The fourth-order valence-corrected chi connectivity index (χ4v) is 2.47. The van der Waals surface area contributed by atoms with E-state index in [0.717, 1.165) is 31.4 Å². The minimum atomic E-state index is -0.293. The van der Waals surface area contributed by atoms with E-state index in [4.69, 9.17) is 32.7 Å². The van der Waals surface area contributed by atoms with Crippen LogP contribution in [0.3, 0.4) is 0 Å². The molecule has 1 heterocycles. The van der Waals surface area contributed by atoms with Gasteiger partial charge in [0.2, 0.25) is 0 Å². The van der Waals surface area contributed by atoms with Crippen molar-refractivity contribution in [1.29, 1.82) is 0 Å². The van der Waals surface area contributed by atoms with Crippen molar-refractivity contribution in [2.75, 3.05) is 13.2 Å². The highest BCUT2D eigenvalue weighted by molar-refractivity contribution is 6.35. The van der Waals surface area contributed by atoms with Gasteiger partial charge >= 0.3 is 5.97 Å². The van der Waals surface area contributed by atoms with E-state index in [1.54, 1.807) is 18.2 Å². The van der Waals surface area contributed by atoms with Gasteiger partial charge in [0.1, 0.15) is 6.61 Å². The molecule has 0 bridgehead atoms. The standard InChI is InChI=1S/C14H16Cl2O3/c15-11-5-4-10(13(16)8-11)7-14(17)19-9-12-3-1-2-6-18-12/h4-5,8,12H,1-3,6-7,9H2. The van der Waals surface area contributed by atoms with Crippen LogP contribution in [-0.4, -0.2) is 25.3 Å². The lowest BCUT2D eigenvalue weighted by molar-refractivity contribution is -0.148. The van der Waals surface area contributed by atoms with E-state index in [2.05, 4.69) is 0 Å². The van der Waals surface area contributed by atoms with Crippen LogP contribution in [0.5, 0.6) is 0 Å². The van der Waals surface area contributed by atoms with E-state index >= 15 is 0 Å². The average molecular weight is 303 g/mol. The van der Waals surface area contributed by atoms with Gasteiger partial charge in [-0.3, -0.25) is 4.79 Å².